The molecule has 0 unspecified atom stereocenters. The molecule has 0 aromatic heterocycles. The molecule has 3 rings (SSSR count). The molecule has 156 valence electrons. The van der Waals surface area contributed by atoms with E-state index in [9.17, 15) is 18.0 Å². The van der Waals surface area contributed by atoms with Crippen LogP contribution in [0.25, 0.3) is 11.1 Å². The molecular formula is C23H19F3O4. The highest BCUT2D eigenvalue weighted by Gasteiger charge is 2.19. The van der Waals surface area contributed by atoms with Gasteiger partial charge in [-0.1, -0.05) is 24.3 Å². The Morgan fingerprint density at radius 1 is 0.767 bits per heavy atom. The lowest BCUT2D eigenvalue weighted by Gasteiger charge is -2.14. The fourth-order valence-electron chi connectivity index (χ4n) is 3.09. The average Bonchev–Trinajstić information content (AvgIpc) is 2.77. The third-order valence-electron chi connectivity index (χ3n) is 4.58. The van der Waals surface area contributed by atoms with E-state index in [2.05, 4.69) is 0 Å². The Morgan fingerprint density at radius 3 is 1.83 bits per heavy atom. The maximum Gasteiger partial charge on any atom is 0.263 e. The van der Waals surface area contributed by atoms with Gasteiger partial charge in [0.25, 0.3) is 6.43 Å². The first kappa shape index (κ1) is 21.2. The number of hydrogen-bond acceptors (Lipinski definition) is 4. The largest absolute Gasteiger partial charge is 0.493 e. The van der Waals surface area contributed by atoms with Crippen molar-refractivity contribution < 1.29 is 32.2 Å². The van der Waals surface area contributed by atoms with Crippen LogP contribution in [-0.2, 0) is 0 Å². The van der Waals surface area contributed by atoms with Gasteiger partial charge in [-0.3, -0.25) is 4.79 Å². The predicted octanol–water partition coefficient (Wildman–Crippen LogP) is 5.69. The summed E-state index contributed by atoms with van der Waals surface area (Å²) in [6.45, 7) is 0. The highest BCUT2D eigenvalue weighted by Crippen LogP contribution is 2.39. The highest BCUT2D eigenvalue weighted by molar-refractivity contribution is 6.10. The van der Waals surface area contributed by atoms with Gasteiger partial charge in [-0.15, -0.1) is 0 Å². The first-order valence-electron chi connectivity index (χ1n) is 8.91. The molecule has 0 spiro atoms. The molecule has 0 amide bonds. The molecule has 0 bridgehead atoms. The Labute approximate surface area is 171 Å². The van der Waals surface area contributed by atoms with Crippen LogP contribution >= 0.6 is 0 Å². The van der Waals surface area contributed by atoms with E-state index in [1.165, 1.54) is 69.9 Å². The number of carbonyl (C=O) groups is 1. The summed E-state index contributed by atoms with van der Waals surface area (Å²) in [6, 6.07) is 12.3. The molecule has 0 aliphatic rings. The van der Waals surface area contributed by atoms with E-state index < -0.39 is 18.0 Å². The van der Waals surface area contributed by atoms with Gasteiger partial charge in [0.05, 0.1) is 21.3 Å². The highest BCUT2D eigenvalue weighted by atomic mass is 19.3. The number of halogens is 3. The molecular weight excluding hydrogens is 397 g/mol. The number of methoxy groups -OCH3 is 3. The van der Waals surface area contributed by atoms with Crippen LogP contribution in [0, 0.1) is 5.82 Å². The van der Waals surface area contributed by atoms with E-state index in [1.54, 1.807) is 0 Å². The predicted molar refractivity (Wildman–Crippen MR) is 106 cm³/mol. The second-order valence-electron chi connectivity index (χ2n) is 6.39. The normalized spacial score (nSPS) is 10.8. The van der Waals surface area contributed by atoms with Crippen molar-refractivity contribution >= 4 is 5.78 Å². The van der Waals surface area contributed by atoms with Gasteiger partial charge in [0.15, 0.2) is 17.3 Å². The summed E-state index contributed by atoms with van der Waals surface area (Å²) in [5, 5.41) is 0. The molecule has 0 heterocycles. The number of hydrogen-bond donors (Lipinski definition) is 0. The maximum absolute atomic E-state index is 14.3. The lowest BCUT2D eigenvalue weighted by molar-refractivity contribution is 0.103. The summed E-state index contributed by atoms with van der Waals surface area (Å²) < 4.78 is 55.6. The van der Waals surface area contributed by atoms with Crippen molar-refractivity contribution in [3.05, 3.63) is 77.1 Å². The van der Waals surface area contributed by atoms with Crippen LogP contribution < -0.4 is 14.2 Å². The molecule has 0 saturated heterocycles. The number of rotatable bonds is 7. The smallest absolute Gasteiger partial charge is 0.263 e. The third kappa shape index (κ3) is 4.25. The number of ether oxygens (including phenoxy) is 3. The van der Waals surface area contributed by atoms with Gasteiger partial charge >= 0.3 is 0 Å². The molecule has 0 saturated carbocycles. The SMILES string of the molecule is COc1cc(C(=O)c2cc(F)cc(-c3ccc(C(F)F)cc3)c2)cc(OC)c1OC. The van der Waals surface area contributed by atoms with Crippen molar-refractivity contribution in [3.63, 3.8) is 0 Å². The van der Waals surface area contributed by atoms with Gasteiger partial charge in [-0.25, -0.2) is 13.2 Å². The molecule has 0 fully saturated rings. The molecule has 3 aromatic carbocycles. The van der Waals surface area contributed by atoms with Crippen LogP contribution in [0.1, 0.15) is 27.9 Å². The summed E-state index contributed by atoms with van der Waals surface area (Å²) in [6.07, 6.45) is -2.59. The van der Waals surface area contributed by atoms with Gasteiger partial charge in [0.2, 0.25) is 5.75 Å². The topological polar surface area (TPSA) is 44.8 Å². The number of alkyl halides is 2. The minimum absolute atomic E-state index is 0.0946. The van der Waals surface area contributed by atoms with E-state index in [0.717, 1.165) is 6.07 Å². The Balaban J connectivity index is 2.03. The molecule has 0 N–H and O–H groups in total. The van der Waals surface area contributed by atoms with Gasteiger partial charge in [0, 0.05) is 16.7 Å². The fourth-order valence-corrected chi connectivity index (χ4v) is 3.09. The lowest BCUT2D eigenvalue weighted by Crippen LogP contribution is -2.05. The minimum atomic E-state index is -2.59. The molecule has 0 aliphatic carbocycles. The first-order chi connectivity index (χ1) is 14.4. The van der Waals surface area contributed by atoms with Crippen LogP contribution in [0.2, 0.25) is 0 Å². The van der Waals surface area contributed by atoms with E-state index in [-0.39, 0.29) is 16.7 Å². The first-order valence-corrected chi connectivity index (χ1v) is 8.91. The van der Waals surface area contributed by atoms with E-state index in [4.69, 9.17) is 14.2 Å². The Hall–Kier alpha value is -3.48. The van der Waals surface area contributed by atoms with Crippen LogP contribution in [0.3, 0.4) is 0 Å². The van der Waals surface area contributed by atoms with Gasteiger partial charge in [-0.2, -0.15) is 0 Å². The average molecular weight is 416 g/mol. The molecule has 4 nitrogen and oxygen atoms in total. The van der Waals surface area contributed by atoms with Gasteiger partial charge < -0.3 is 14.2 Å². The quantitative estimate of drug-likeness (QED) is 0.465. The van der Waals surface area contributed by atoms with Crippen LogP contribution in [0.15, 0.2) is 54.6 Å². The Bertz CT molecular complexity index is 1040. The fraction of sp³-hybridized carbons (Fsp3) is 0.174. The standard InChI is InChI=1S/C23H19F3O4/c1-28-19-11-17(12-20(29-2)22(19)30-3)21(27)16-8-15(9-18(24)10-16)13-4-6-14(7-5-13)23(25)26/h4-12,23H,1-3H3. The maximum atomic E-state index is 14.3. The molecule has 0 aliphatic heterocycles. The Kier molecular flexibility index (Phi) is 6.30. The number of ketones is 1. The summed E-state index contributed by atoms with van der Waals surface area (Å²) in [5.41, 5.74) is 1.08. The van der Waals surface area contributed by atoms with Crippen LogP contribution in [0.4, 0.5) is 13.2 Å². The Morgan fingerprint density at radius 2 is 1.33 bits per heavy atom. The van der Waals surface area contributed by atoms with Gasteiger partial charge in [0.1, 0.15) is 5.82 Å². The number of benzene rings is 3. The second-order valence-corrected chi connectivity index (χ2v) is 6.39. The molecule has 0 radical (unpaired) electrons. The molecule has 30 heavy (non-hydrogen) atoms. The van der Waals surface area contributed by atoms with Crippen molar-refractivity contribution in [2.24, 2.45) is 0 Å². The molecule has 0 atom stereocenters. The summed E-state index contributed by atoms with van der Waals surface area (Å²) in [4.78, 5) is 13.0. The van der Waals surface area contributed by atoms with Gasteiger partial charge in [-0.05, 0) is 41.5 Å². The monoisotopic (exact) mass is 416 g/mol. The zero-order valence-corrected chi connectivity index (χ0v) is 16.5. The van der Waals surface area contributed by atoms with E-state index in [1.807, 2.05) is 0 Å². The van der Waals surface area contributed by atoms with Crippen molar-refractivity contribution in [1.29, 1.82) is 0 Å². The van der Waals surface area contributed by atoms with Crippen molar-refractivity contribution in [2.45, 2.75) is 6.43 Å². The van der Waals surface area contributed by atoms with Crippen molar-refractivity contribution in [3.8, 4) is 28.4 Å². The lowest BCUT2D eigenvalue weighted by atomic mass is 9.97. The molecule has 7 heteroatoms. The summed E-state index contributed by atoms with van der Waals surface area (Å²) in [5.74, 6) is -0.171. The van der Waals surface area contributed by atoms with Crippen molar-refractivity contribution in [2.75, 3.05) is 21.3 Å². The van der Waals surface area contributed by atoms with E-state index in [0.29, 0.717) is 28.4 Å². The number of carbonyl (C=O) groups excluding carboxylic acids is 1. The second kappa shape index (κ2) is 8.90. The van der Waals surface area contributed by atoms with Crippen LogP contribution in [-0.4, -0.2) is 27.1 Å². The minimum Gasteiger partial charge on any atom is -0.493 e. The summed E-state index contributed by atoms with van der Waals surface area (Å²) >= 11 is 0. The summed E-state index contributed by atoms with van der Waals surface area (Å²) in [7, 11) is 4.30. The zero-order valence-electron chi connectivity index (χ0n) is 16.5. The van der Waals surface area contributed by atoms with Crippen molar-refractivity contribution in [1.82, 2.24) is 0 Å². The van der Waals surface area contributed by atoms with Crippen LogP contribution in [0.5, 0.6) is 17.2 Å². The molecule has 3 aromatic rings. The zero-order chi connectivity index (χ0) is 21.8. The van der Waals surface area contributed by atoms with E-state index >= 15 is 0 Å². The third-order valence-corrected chi connectivity index (χ3v) is 4.58.